The number of piperazine rings is 1. The van der Waals surface area contributed by atoms with Crippen LogP contribution in [0.15, 0.2) is 18.2 Å². The summed E-state index contributed by atoms with van der Waals surface area (Å²) in [5.74, 6) is -0.213. The van der Waals surface area contributed by atoms with Gasteiger partial charge in [0.25, 0.3) is 0 Å². The van der Waals surface area contributed by atoms with Crippen LogP contribution >= 0.6 is 0 Å². The fourth-order valence-electron chi connectivity index (χ4n) is 2.39. The zero-order valence-electron chi connectivity index (χ0n) is 10.8. The van der Waals surface area contributed by atoms with E-state index in [9.17, 15) is 4.79 Å². The summed E-state index contributed by atoms with van der Waals surface area (Å²) >= 11 is 0. The van der Waals surface area contributed by atoms with E-state index in [1.807, 2.05) is 6.07 Å². The van der Waals surface area contributed by atoms with Crippen molar-refractivity contribution >= 4 is 11.8 Å². The summed E-state index contributed by atoms with van der Waals surface area (Å²) in [6.45, 7) is 8.19. The van der Waals surface area contributed by atoms with Crippen molar-refractivity contribution in [2.45, 2.75) is 19.9 Å². The quantitative estimate of drug-likeness (QED) is 0.875. The minimum Gasteiger partial charge on any atom is -0.477 e. The highest BCUT2D eigenvalue weighted by Gasteiger charge is 2.23. The van der Waals surface area contributed by atoms with Gasteiger partial charge in [-0.1, -0.05) is 13.0 Å². The summed E-state index contributed by atoms with van der Waals surface area (Å²) in [6, 6.07) is 5.63. The molecular weight excluding hydrogens is 230 g/mol. The molecule has 5 nitrogen and oxygen atoms in total. The predicted octanol–water partition coefficient (Wildman–Crippen LogP) is 1.31. The molecule has 0 amide bonds. The molecule has 2 rings (SSSR count). The van der Waals surface area contributed by atoms with Gasteiger partial charge in [-0.3, -0.25) is 4.90 Å². The Hall–Kier alpha value is -1.62. The third kappa shape index (κ3) is 2.61. The Morgan fingerprint density at radius 2 is 2.28 bits per heavy atom. The van der Waals surface area contributed by atoms with E-state index in [1.54, 1.807) is 6.07 Å². The molecule has 0 spiro atoms. The van der Waals surface area contributed by atoms with E-state index in [2.05, 4.69) is 28.6 Å². The third-order valence-corrected chi connectivity index (χ3v) is 3.45. The van der Waals surface area contributed by atoms with Gasteiger partial charge < -0.3 is 10.0 Å². The van der Waals surface area contributed by atoms with Gasteiger partial charge in [-0.2, -0.15) is 0 Å². The number of likely N-dealkylation sites (N-methyl/N-ethyl adjacent to an activating group) is 1. The number of anilines is 1. The lowest BCUT2D eigenvalue weighted by Crippen LogP contribution is -2.52. The standard InChI is InChI=1S/C13H19N3O2/c1-3-15-7-8-16(9-10(15)2)12-6-4-5-11(14-12)13(17)18/h4-6,10H,3,7-9H2,1-2H3,(H,17,18). The van der Waals surface area contributed by atoms with Crippen LogP contribution in [0.1, 0.15) is 24.3 Å². The third-order valence-electron chi connectivity index (χ3n) is 3.45. The average molecular weight is 249 g/mol. The van der Waals surface area contributed by atoms with Gasteiger partial charge in [0.05, 0.1) is 0 Å². The number of pyridine rings is 1. The summed E-state index contributed by atoms with van der Waals surface area (Å²) in [6.07, 6.45) is 0. The molecule has 1 saturated heterocycles. The smallest absolute Gasteiger partial charge is 0.354 e. The van der Waals surface area contributed by atoms with Crippen molar-refractivity contribution in [3.8, 4) is 0 Å². The maximum atomic E-state index is 10.9. The molecule has 1 aromatic rings. The first-order valence-corrected chi connectivity index (χ1v) is 6.31. The summed E-state index contributed by atoms with van der Waals surface area (Å²) in [7, 11) is 0. The van der Waals surface area contributed by atoms with Gasteiger partial charge in [0.1, 0.15) is 5.82 Å². The Bertz CT molecular complexity index is 436. The van der Waals surface area contributed by atoms with E-state index in [1.165, 1.54) is 6.07 Å². The van der Waals surface area contributed by atoms with Crippen molar-refractivity contribution in [3.63, 3.8) is 0 Å². The summed E-state index contributed by atoms with van der Waals surface area (Å²) in [5, 5.41) is 8.95. The number of aromatic carboxylic acids is 1. The van der Waals surface area contributed by atoms with Gasteiger partial charge in [0, 0.05) is 25.7 Å². The molecule has 0 aliphatic carbocycles. The van der Waals surface area contributed by atoms with Crippen LogP contribution in [0.3, 0.4) is 0 Å². The highest BCUT2D eigenvalue weighted by molar-refractivity contribution is 5.85. The van der Waals surface area contributed by atoms with E-state index < -0.39 is 5.97 Å². The van der Waals surface area contributed by atoms with Crippen molar-refractivity contribution in [1.82, 2.24) is 9.88 Å². The van der Waals surface area contributed by atoms with E-state index in [0.29, 0.717) is 6.04 Å². The van der Waals surface area contributed by atoms with Crippen LogP contribution in [-0.4, -0.2) is 53.2 Å². The molecule has 5 heteroatoms. The fourth-order valence-corrected chi connectivity index (χ4v) is 2.39. The molecule has 0 bridgehead atoms. The number of nitrogens with zero attached hydrogens (tertiary/aromatic N) is 3. The van der Waals surface area contributed by atoms with Crippen LogP contribution in [0.5, 0.6) is 0 Å². The molecule has 0 saturated carbocycles. The average Bonchev–Trinajstić information content (AvgIpc) is 2.38. The molecule has 1 fully saturated rings. The number of rotatable bonds is 3. The van der Waals surface area contributed by atoms with E-state index in [-0.39, 0.29) is 5.69 Å². The number of carboxylic acid groups (broad SMARTS) is 1. The van der Waals surface area contributed by atoms with Crippen molar-refractivity contribution < 1.29 is 9.90 Å². The van der Waals surface area contributed by atoms with Gasteiger partial charge >= 0.3 is 5.97 Å². The van der Waals surface area contributed by atoms with Gasteiger partial charge in [0.2, 0.25) is 0 Å². The molecule has 1 atom stereocenters. The maximum absolute atomic E-state index is 10.9. The van der Waals surface area contributed by atoms with Gasteiger partial charge in [-0.25, -0.2) is 9.78 Å². The minimum atomic E-state index is -0.975. The minimum absolute atomic E-state index is 0.109. The second kappa shape index (κ2) is 5.35. The van der Waals surface area contributed by atoms with Crippen molar-refractivity contribution in [3.05, 3.63) is 23.9 Å². The molecule has 1 unspecified atom stereocenters. The second-order valence-corrected chi connectivity index (χ2v) is 4.61. The normalized spacial score (nSPS) is 21.0. The van der Waals surface area contributed by atoms with Crippen LogP contribution < -0.4 is 4.90 Å². The zero-order valence-corrected chi connectivity index (χ0v) is 10.8. The SMILES string of the molecule is CCN1CCN(c2cccc(C(=O)O)n2)CC1C. The first-order chi connectivity index (χ1) is 8.61. The van der Waals surface area contributed by atoms with Crippen LogP contribution in [-0.2, 0) is 0 Å². The molecule has 1 aromatic heterocycles. The van der Waals surface area contributed by atoms with Crippen LogP contribution in [0.25, 0.3) is 0 Å². The molecule has 1 aliphatic rings. The number of aromatic nitrogens is 1. The largest absolute Gasteiger partial charge is 0.477 e. The lowest BCUT2D eigenvalue weighted by atomic mass is 10.2. The fraction of sp³-hybridized carbons (Fsp3) is 0.538. The van der Waals surface area contributed by atoms with Gasteiger partial charge in [-0.15, -0.1) is 0 Å². The van der Waals surface area contributed by atoms with E-state index in [0.717, 1.165) is 32.0 Å². The molecule has 2 heterocycles. The van der Waals surface area contributed by atoms with Crippen LogP contribution in [0.2, 0.25) is 0 Å². The summed E-state index contributed by atoms with van der Waals surface area (Å²) < 4.78 is 0. The van der Waals surface area contributed by atoms with Crippen molar-refractivity contribution in [2.75, 3.05) is 31.1 Å². The Kier molecular flexibility index (Phi) is 3.81. The van der Waals surface area contributed by atoms with Gasteiger partial charge in [0.15, 0.2) is 5.69 Å². The summed E-state index contributed by atoms with van der Waals surface area (Å²) in [5.41, 5.74) is 0.109. The Balaban J connectivity index is 2.13. The lowest BCUT2D eigenvalue weighted by molar-refractivity contribution is 0.0690. The monoisotopic (exact) mass is 249 g/mol. The first-order valence-electron chi connectivity index (χ1n) is 6.31. The second-order valence-electron chi connectivity index (χ2n) is 4.61. The lowest BCUT2D eigenvalue weighted by Gasteiger charge is -2.39. The molecule has 1 N–H and O–H groups in total. The van der Waals surface area contributed by atoms with Crippen LogP contribution in [0.4, 0.5) is 5.82 Å². The molecule has 0 radical (unpaired) electrons. The van der Waals surface area contributed by atoms with Crippen molar-refractivity contribution in [1.29, 1.82) is 0 Å². The first kappa shape index (κ1) is 12.8. The molecule has 0 aromatic carbocycles. The zero-order chi connectivity index (χ0) is 13.1. The van der Waals surface area contributed by atoms with E-state index in [4.69, 9.17) is 5.11 Å². The Morgan fingerprint density at radius 3 is 2.89 bits per heavy atom. The summed E-state index contributed by atoms with van der Waals surface area (Å²) in [4.78, 5) is 19.7. The molecule has 98 valence electrons. The highest BCUT2D eigenvalue weighted by atomic mass is 16.4. The number of hydrogen-bond donors (Lipinski definition) is 1. The number of carboxylic acids is 1. The maximum Gasteiger partial charge on any atom is 0.354 e. The van der Waals surface area contributed by atoms with E-state index >= 15 is 0 Å². The topological polar surface area (TPSA) is 56.7 Å². The molecular formula is C13H19N3O2. The Labute approximate surface area is 107 Å². The predicted molar refractivity (Wildman–Crippen MR) is 70.1 cm³/mol. The number of hydrogen-bond acceptors (Lipinski definition) is 4. The van der Waals surface area contributed by atoms with Gasteiger partial charge in [-0.05, 0) is 25.6 Å². The highest BCUT2D eigenvalue weighted by Crippen LogP contribution is 2.17. The molecule has 1 aliphatic heterocycles. The van der Waals surface area contributed by atoms with Crippen molar-refractivity contribution in [2.24, 2.45) is 0 Å². The Morgan fingerprint density at radius 1 is 1.50 bits per heavy atom. The number of carbonyl (C=O) groups is 1. The van der Waals surface area contributed by atoms with Crippen LogP contribution in [0, 0.1) is 0 Å². The molecule has 18 heavy (non-hydrogen) atoms.